The van der Waals surface area contributed by atoms with Crippen LogP contribution in [0.2, 0.25) is 0 Å². The molecule has 0 spiro atoms. The maximum absolute atomic E-state index is 13.3. The lowest BCUT2D eigenvalue weighted by molar-refractivity contribution is -0.137. The Morgan fingerprint density at radius 2 is 1.61 bits per heavy atom. The summed E-state index contributed by atoms with van der Waals surface area (Å²) in [5, 5.41) is 7.81. The predicted octanol–water partition coefficient (Wildman–Crippen LogP) is 4.69. The minimum atomic E-state index is -4.49. The molecule has 0 N–H and O–H groups in total. The van der Waals surface area contributed by atoms with E-state index in [2.05, 4.69) is 10.3 Å². The molecule has 1 heterocycles. The summed E-state index contributed by atoms with van der Waals surface area (Å²) < 4.78 is 41.0. The highest BCUT2D eigenvalue weighted by Crippen LogP contribution is 2.35. The molecule has 118 valence electrons. The molecule has 0 bridgehead atoms. The minimum absolute atomic E-state index is 0.0540. The van der Waals surface area contributed by atoms with E-state index in [4.69, 9.17) is 11.6 Å². The zero-order chi connectivity index (χ0) is 16.4. The van der Waals surface area contributed by atoms with Crippen LogP contribution in [0.15, 0.2) is 54.6 Å². The first-order valence-corrected chi connectivity index (χ1v) is 7.28. The van der Waals surface area contributed by atoms with Crippen LogP contribution in [0.4, 0.5) is 13.2 Å². The van der Waals surface area contributed by atoms with Crippen molar-refractivity contribution >= 4 is 11.6 Å². The standard InChI is InChI=1S/C16H11ClF3N3/c17-10-13-15(11-6-2-1-3-7-11)23(22-21-13)14-9-5-4-8-12(14)16(18,19)20/h1-9H,10H2. The highest BCUT2D eigenvalue weighted by molar-refractivity contribution is 6.17. The number of benzene rings is 2. The molecule has 2 aromatic carbocycles. The van der Waals surface area contributed by atoms with Crippen LogP contribution < -0.4 is 0 Å². The van der Waals surface area contributed by atoms with Gasteiger partial charge in [-0.15, -0.1) is 16.7 Å². The SMILES string of the molecule is FC(F)(F)c1ccccc1-n1nnc(CCl)c1-c1ccccc1. The van der Waals surface area contributed by atoms with Crippen LogP contribution in [0, 0.1) is 0 Å². The van der Waals surface area contributed by atoms with Crippen LogP contribution >= 0.6 is 11.6 Å². The molecule has 0 aliphatic heterocycles. The van der Waals surface area contributed by atoms with Gasteiger partial charge in [0.15, 0.2) is 0 Å². The summed E-state index contributed by atoms with van der Waals surface area (Å²) in [6.45, 7) is 0. The van der Waals surface area contributed by atoms with Crippen LogP contribution in [-0.2, 0) is 12.1 Å². The minimum Gasteiger partial charge on any atom is -0.212 e. The summed E-state index contributed by atoms with van der Waals surface area (Å²) in [4.78, 5) is 0. The number of hydrogen-bond acceptors (Lipinski definition) is 2. The van der Waals surface area contributed by atoms with Gasteiger partial charge in [0.05, 0.1) is 22.8 Å². The van der Waals surface area contributed by atoms with Crippen molar-refractivity contribution in [3.05, 3.63) is 65.9 Å². The molecular weight excluding hydrogens is 327 g/mol. The van der Waals surface area contributed by atoms with Crippen molar-refractivity contribution in [2.45, 2.75) is 12.1 Å². The Balaban J connectivity index is 2.26. The average Bonchev–Trinajstić information content (AvgIpc) is 2.98. The van der Waals surface area contributed by atoms with Gasteiger partial charge in [0, 0.05) is 5.56 Å². The number of para-hydroxylation sites is 1. The van der Waals surface area contributed by atoms with E-state index in [1.807, 2.05) is 6.07 Å². The fourth-order valence-corrected chi connectivity index (χ4v) is 2.53. The molecule has 0 amide bonds. The average molecular weight is 338 g/mol. The van der Waals surface area contributed by atoms with E-state index < -0.39 is 11.7 Å². The molecule has 23 heavy (non-hydrogen) atoms. The zero-order valence-electron chi connectivity index (χ0n) is 11.8. The third-order valence-corrected chi connectivity index (χ3v) is 3.60. The van der Waals surface area contributed by atoms with Crippen LogP contribution in [0.5, 0.6) is 0 Å². The molecular formula is C16H11ClF3N3. The Morgan fingerprint density at radius 1 is 0.957 bits per heavy atom. The second-order valence-corrected chi connectivity index (χ2v) is 5.08. The fraction of sp³-hybridized carbons (Fsp3) is 0.125. The van der Waals surface area contributed by atoms with Crippen molar-refractivity contribution in [3.63, 3.8) is 0 Å². The number of rotatable bonds is 3. The van der Waals surface area contributed by atoms with Gasteiger partial charge in [0.25, 0.3) is 0 Å². The Bertz CT molecular complexity index is 813. The third-order valence-electron chi connectivity index (χ3n) is 3.35. The molecule has 0 aliphatic carbocycles. The van der Waals surface area contributed by atoms with Crippen LogP contribution in [-0.4, -0.2) is 15.0 Å². The van der Waals surface area contributed by atoms with Crippen molar-refractivity contribution in [2.75, 3.05) is 0 Å². The van der Waals surface area contributed by atoms with Crippen molar-refractivity contribution in [3.8, 4) is 16.9 Å². The number of halogens is 4. The number of nitrogens with zero attached hydrogens (tertiary/aromatic N) is 3. The molecule has 0 aliphatic rings. The molecule has 0 unspecified atom stereocenters. The van der Waals surface area contributed by atoms with E-state index in [1.54, 1.807) is 24.3 Å². The Morgan fingerprint density at radius 3 is 2.26 bits per heavy atom. The summed E-state index contributed by atoms with van der Waals surface area (Å²) >= 11 is 5.87. The van der Waals surface area contributed by atoms with Gasteiger partial charge in [0.1, 0.15) is 5.69 Å². The van der Waals surface area contributed by atoms with Crippen LogP contribution in [0.25, 0.3) is 16.9 Å². The smallest absolute Gasteiger partial charge is 0.212 e. The monoisotopic (exact) mass is 337 g/mol. The lowest BCUT2D eigenvalue weighted by atomic mass is 10.1. The van der Waals surface area contributed by atoms with Gasteiger partial charge in [-0.3, -0.25) is 0 Å². The third kappa shape index (κ3) is 2.94. The molecule has 0 fully saturated rings. The van der Waals surface area contributed by atoms with Gasteiger partial charge in [-0.1, -0.05) is 47.7 Å². The highest BCUT2D eigenvalue weighted by atomic mass is 35.5. The second-order valence-electron chi connectivity index (χ2n) is 4.81. The first kappa shape index (κ1) is 15.6. The lowest BCUT2D eigenvalue weighted by Crippen LogP contribution is -2.12. The fourth-order valence-electron chi connectivity index (χ4n) is 2.35. The largest absolute Gasteiger partial charge is 0.418 e. The summed E-state index contributed by atoms with van der Waals surface area (Å²) in [5.41, 5.74) is 0.725. The Hall–Kier alpha value is -2.34. The van der Waals surface area contributed by atoms with E-state index in [0.717, 1.165) is 6.07 Å². The maximum atomic E-state index is 13.3. The van der Waals surface area contributed by atoms with E-state index in [1.165, 1.54) is 22.9 Å². The van der Waals surface area contributed by atoms with Gasteiger partial charge in [0.2, 0.25) is 0 Å². The summed E-state index contributed by atoms with van der Waals surface area (Å²) in [6, 6.07) is 14.2. The van der Waals surface area contributed by atoms with Gasteiger partial charge in [-0.05, 0) is 12.1 Å². The normalized spacial score (nSPS) is 11.7. The predicted molar refractivity (Wildman–Crippen MR) is 81.4 cm³/mol. The molecule has 0 saturated heterocycles. The van der Waals surface area contributed by atoms with E-state index in [-0.39, 0.29) is 11.6 Å². The molecule has 0 saturated carbocycles. The van der Waals surface area contributed by atoms with Gasteiger partial charge in [-0.25, -0.2) is 4.68 Å². The summed E-state index contributed by atoms with van der Waals surface area (Å²) in [6.07, 6.45) is -4.49. The number of alkyl halides is 4. The lowest BCUT2D eigenvalue weighted by Gasteiger charge is -2.14. The number of aromatic nitrogens is 3. The molecule has 0 radical (unpaired) electrons. The molecule has 1 aromatic heterocycles. The molecule has 0 atom stereocenters. The molecule has 3 nitrogen and oxygen atoms in total. The Kier molecular flexibility index (Phi) is 4.09. The first-order chi connectivity index (χ1) is 11.0. The van der Waals surface area contributed by atoms with Crippen molar-refractivity contribution in [2.24, 2.45) is 0 Å². The van der Waals surface area contributed by atoms with Gasteiger partial charge < -0.3 is 0 Å². The maximum Gasteiger partial charge on any atom is 0.418 e. The summed E-state index contributed by atoms with van der Waals surface area (Å²) in [5.74, 6) is 0.0540. The summed E-state index contributed by atoms with van der Waals surface area (Å²) in [7, 11) is 0. The Labute approximate surface area is 135 Å². The van der Waals surface area contributed by atoms with Gasteiger partial charge >= 0.3 is 6.18 Å². The van der Waals surface area contributed by atoms with Crippen LogP contribution in [0.3, 0.4) is 0 Å². The van der Waals surface area contributed by atoms with Crippen molar-refractivity contribution in [1.29, 1.82) is 0 Å². The van der Waals surface area contributed by atoms with E-state index in [0.29, 0.717) is 17.0 Å². The topological polar surface area (TPSA) is 30.7 Å². The molecule has 7 heteroatoms. The molecule has 3 rings (SSSR count). The van der Waals surface area contributed by atoms with Crippen molar-refractivity contribution < 1.29 is 13.2 Å². The second kappa shape index (κ2) is 6.04. The first-order valence-electron chi connectivity index (χ1n) is 6.75. The van der Waals surface area contributed by atoms with Gasteiger partial charge in [-0.2, -0.15) is 13.2 Å². The number of hydrogen-bond donors (Lipinski definition) is 0. The zero-order valence-corrected chi connectivity index (χ0v) is 12.5. The van der Waals surface area contributed by atoms with Crippen molar-refractivity contribution in [1.82, 2.24) is 15.0 Å². The quantitative estimate of drug-likeness (QED) is 0.649. The molecule has 3 aromatic rings. The van der Waals surface area contributed by atoms with E-state index >= 15 is 0 Å². The highest BCUT2D eigenvalue weighted by Gasteiger charge is 2.34. The van der Waals surface area contributed by atoms with Crippen LogP contribution in [0.1, 0.15) is 11.3 Å². The van der Waals surface area contributed by atoms with E-state index in [9.17, 15) is 13.2 Å².